The van der Waals surface area contributed by atoms with Crippen molar-refractivity contribution < 1.29 is 8.42 Å². The maximum absolute atomic E-state index is 12.2. The molecule has 3 rings (SSSR count). The Morgan fingerprint density at radius 2 is 1.84 bits per heavy atom. The predicted octanol–water partition coefficient (Wildman–Crippen LogP) is 2.77. The lowest BCUT2D eigenvalue weighted by molar-refractivity contribution is 0.593. The molecule has 2 aromatic rings. The van der Waals surface area contributed by atoms with Gasteiger partial charge in [0.05, 0.1) is 10.6 Å². The van der Waals surface area contributed by atoms with E-state index in [1.807, 2.05) is 6.07 Å². The minimum Gasteiger partial charge on any atom is -0.370 e. The molecule has 5 nitrogen and oxygen atoms in total. The summed E-state index contributed by atoms with van der Waals surface area (Å²) in [6, 6.07) is 14.7. The molecule has 0 aliphatic heterocycles. The van der Waals surface area contributed by atoms with E-state index in [1.54, 1.807) is 30.3 Å². The summed E-state index contributed by atoms with van der Waals surface area (Å²) in [4.78, 5) is 4.58. The van der Waals surface area contributed by atoms with Crippen LogP contribution in [0, 0.1) is 0 Å². The minimum atomic E-state index is -3.25. The van der Waals surface area contributed by atoms with Crippen molar-refractivity contribution in [2.75, 3.05) is 17.6 Å². The number of nitrogens with zero attached hydrogens (tertiary/aromatic N) is 1. The summed E-state index contributed by atoms with van der Waals surface area (Å²) in [5.41, 5.74) is 9.61. The van der Waals surface area contributed by atoms with Crippen LogP contribution in [0.5, 0.6) is 0 Å². The summed E-state index contributed by atoms with van der Waals surface area (Å²) in [7, 11) is -3.25. The summed E-state index contributed by atoms with van der Waals surface area (Å²) in [6.45, 7) is 0.371. The summed E-state index contributed by atoms with van der Waals surface area (Å²) < 4.78 is 24.4. The van der Waals surface area contributed by atoms with Gasteiger partial charge in [-0.1, -0.05) is 24.3 Å². The van der Waals surface area contributed by atoms with E-state index >= 15 is 0 Å². The summed E-state index contributed by atoms with van der Waals surface area (Å²) in [5.74, 6) is 0.377. The van der Waals surface area contributed by atoms with Crippen molar-refractivity contribution in [3.63, 3.8) is 0 Å². The Hall–Kier alpha value is -2.34. The number of rotatable bonds is 6. The molecule has 0 fully saturated rings. The molecule has 0 spiro atoms. The quantitative estimate of drug-likeness (QED) is 0.473. The fourth-order valence-electron chi connectivity index (χ4n) is 3.04. The number of aliphatic imine (C=N–C) groups is 1. The highest BCUT2D eigenvalue weighted by Crippen LogP contribution is 2.24. The predicted molar refractivity (Wildman–Crippen MR) is 102 cm³/mol. The maximum atomic E-state index is 12.2. The molecule has 0 radical (unpaired) electrons. The molecule has 0 saturated carbocycles. The third kappa shape index (κ3) is 4.60. The van der Waals surface area contributed by atoms with Crippen molar-refractivity contribution in [3.8, 4) is 0 Å². The van der Waals surface area contributed by atoms with Gasteiger partial charge in [-0.3, -0.25) is 4.99 Å². The van der Waals surface area contributed by atoms with Gasteiger partial charge in [0.1, 0.15) is 0 Å². The fourth-order valence-corrected chi connectivity index (χ4v) is 4.35. The molecule has 132 valence electrons. The van der Waals surface area contributed by atoms with Crippen LogP contribution >= 0.6 is 0 Å². The monoisotopic (exact) mass is 357 g/mol. The van der Waals surface area contributed by atoms with Crippen molar-refractivity contribution >= 4 is 21.5 Å². The van der Waals surface area contributed by atoms with E-state index in [1.165, 1.54) is 17.5 Å². The Kier molecular flexibility index (Phi) is 5.38. The first-order valence-electron chi connectivity index (χ1n) is 8.51. The second-order valence-corrected chi connectivity index (χ2v) is 8.32. The molecule has 6 heteroatoms. The second-order valence-electron chi connectivity index (χ2n) is 6.21. The maximum Gasteiger partial charge on any atom is 0.193 e. The molecule has 2 aromatic carbocycles. The van der Waals surface area contributed by atoms with Crippen LogP contribution < -0.4 is 11.1 Å². The smallest absolute Gasteiger partial charge is 0.193 e. The number of anilines is 1. The average Bonchev–Trinajstić information content (AvgIpc) is 3.07. The first kappa shape index (κ1) is 17.5. The first-order chi connectivity index (χ1) is 12.0. The average molecular weight is 357 g/mol. The largest absolute Gasteiger partial charge is 0.370 e. The number of sulfone groups is 1. The molecule has 0 bridgehead atoms. The van der Waals surface area contributed by atoms with E-state index in [0.717, 1.165) is 18.5 Å². The number of hydrogen-bond donors (Lipinski definition) is 2. The molecule has 0 heterocycles. The zero-order valence-corrected chi connectivity index (χ0v) is 14.9. The van der Waals surface area contributed by atoms with Crippen LogP contribution in [0.15, 0.2) is 58.4 Å². The molecule has 25 heavy (non-hydrogen) atoms. The summed E-state index contributed by atoms with van der Waals surface area (Å²) in [6.07, 6.45) is 3.90. The van der Waals surface area contributed by atoms with E-state index < -0.39 is 9.84 Å². The Labute approximate surface area is 148 Å². The van der Waals surface area contributed by atoms with Gasteiger partial charge in [0.15, 0.2) is 15.8 Å². The van der Waals surface area contributed by atoms with Crippen LogP contribution in [0.2, 0.25) is 0 Å². The molecule has 0 unspecified atom stereocenters. The van der Waals surface area contributed by atoms with Gasteiger partial charge in [-0.15, -0.1) is 0 Å². The van der Waals surface area contributed by atoms with Crippen molar-refractivity contribution in [2.45, 2.75) is 30.6 Å². The van der Waals surface area contributed by atoms with Crippen LogP contribution in [0.1, 0.15) is 24.0 Å². The zero-order chi connectivity index (χ0) is 17.7. The summed E-state index contributed by atoms with van der Waals surface area (Å²) in [5, 5.41) is 3.08. The fraction of sp³-hybridized carbons (Fsp3) is 0.316. The van der Waals surface area contributed by atoms with Crippen LogP contribution in [-0.4, -0.2) is 26.7 Å². The van der Waals surface area contributed by atoms with Gasteiger partial charge < -0.3 is 11.1 Å². The highest BCUT2D eigenvalue weighted by atomic mass is 32.2. The van der Waals surface area contributed by atoms with Crippen LogP contribution in [0.3, 0.4) is 0 Å². The number of aryl methyl sites for hydroxylation is 2. The second kappa shape index (κ2) is 7.70. The lowest BCUT2D eigenvalue weighted by Crippen LogP contribution is -2.23. The molecule has 1 aliphatic carbocycles. The Balaban J connectivity index is 1.50. The number of hydrogen-bond acceptors (Lipinski definition) is 3. The molecule has 0 aromatic heterocycles. The van der Waals surface area contributed by atoms with Crippen LogP contribution in [-0.2, 0) is 22.7 Å². The van der Waals surface area contributed by atoms with E-state index in [-0.39, 0.29) is 5.75 Å². The van der Waals surface area contributed by atoms with E-state index in [0.29, 0.717) is 23.8 Å². The van der Waals surface area contributed by atoms with Gasteiger partial charge in [0, 0.05) is 12.2 Å². The molecular weight excluding hydrogens is 334 g/mol. The van der Waals surface area contributed by atoms with E-state index in [2.05, 4.69) is 22.4 Å². The molecule has 0 saturated heterocycles. The highest BCUT2D eigenvalue weighted by Gasteiger charge is 2.13. The lowest BCUT2D eigenvalue weighted by Gasteiger charge is -2.08. The van der Waals surface area contributed by atoms with Crippen molar-refractivity contribution in [1.82, 2.24) is 0 Å². The Bertz CT molecular complexity index is 861. The summed E-state index contributed by atoms with van der Waals surface area (Å²) >= 11 is 0. The lowest BCUT2D eigenvalue weighted by atomic mass is 10.1. The molecular formula is C19H23N3O2S. The standard InChI is InChI=1S/C19H23N3O2S/c20-19(22-17-11-10-15-6-4-7-16(15)14-17)21-12-5-13-25(23,24)18-8-2-1-3-9-18/h1-3,8-11,14H,4-7,12-13H2,(H3,20,21,22). The molecule has 0 atom stereocenters. The molecule has 3 N–H and O–H groups in total. The first-order valence-corrected chi connectivity index (χ1v) is 10.2. The van der Waals surface area contributed by atoms with Crippen molar-refractivity contribution in [1.29, 1.82) is 0 Å². The van der Waals surface area contributed by atoms with E-state index in [9.17, 15) is 8.42 Å². The van der Waals surface area contributed by atoms with Gasteiger partial charge in [-0.2, -0.15) is 0 Å². The third-order valence-electron chi connectivity index (χ3n) is 4.33. The van der Waals surface area contributed by atoms with E-state index in [4.69, 9.17) is 5.73 Å². The number of benzene rings is 2. The minimum absolute atomic E-state index is 0.0621. The van der Waals surface area contributed by atoms with Crippen molar-refractivity contribution in [2.24, 2.45) is 10.7 Å². The van der Waals surface area contributed by atoms with Gasteiger partial charge in [-0.05, 0) is 61.1 Å². The van der Waals surface area contributed by atoms with Gasteiger partial charge in [0.2, 0.25) is 0 Å². The normalized spacial score (nSPS) is 14.3. The zero-order valence-electron chi connectivity index (χ0n) is 14.1. The van der Waals surface area contributed by atoms with Crippen molar-refractivity contribution in [3.05, 3.63) is 59.7 Å². The number of nitrogens with two attached hydrogens (primary N) is 1. The Morgan fingerprint density at radius 1 is 1.08 bits per heavy atom. The topological polar surface area (TPSA) is 84.5 Å². The van der Waals surface area contributed by atoms with Crippen LogP contribution in [0.4, 0.5) is 5.69 Å². The van der Waals surface area contributed by atoms with Gasteiger partial charge >= 0.3 is 0 Å². The van der Waals surface area contributed by atoms with Gasteiger partial charge in [-0.25, -0.2) is 8.42 Å². The highest BCUT2D eigenvalue weighted by molar-refractivity contribution is 7.91. The SMILES string of the molecule is NC(=NCCCS(=O)(=O)c1ccccc1)Nc1ccc2c(c1)CCC2. The van der Waals surface area contributed by atoms with Gasteiger partial charge in [0.25, 0.3) is 0 Å². The van der Waals surface area contributed by atoms with Crippen LogP contribution in [0.25, 0.3) is 0 Å². The number of fused-ring (bicyclic) bond motifs is 1. The number of guanidine groups is 1. The Morgan fingerprint density at radius 3 is 2.64 bits per heavy atom. The molecule has 1 aliphatic rings. The number of nitrogens with one attached hydrogen (secondary N) is 1. The third-order valence-corrected chi connectivity index (χ3v) is 6.14. The molecule has 0 amide bonds.